The van der Waals surface area contributed by atoms with Crippen LogP contribution < -0.4 is 10.1 Å². The lowest BCUT2D eigenvalue weighted by Gasteiger charge is -2.32. The van der Waals surface area contributed by atoms with Crippen LogP contribution in [0.5, 0.6) is 5.75 Å². The third-order valence-electron chi connectivity index (χ3n) is 4.73. The number of rotatable bonds is 5. The molecule has 0 aromatic heterocycles. The third-order valence-corrected chi connectivity index (χ3v) is 5.06. The minimum absolute atomic E-state index is 0.0589. The van der Waals surface area contributed by atoms with Crippen LogP contribution in [0.25, 0.3) is 0 Å². The van der Waals surface area contributed by atoms with Crippen molar-refractivity contribution < 1.29 is 14.3 Å². The molecule has 0 saturated carbocycles. The first-order valence-electron chi connectivity index (χ1n) is 9.19. The van der Waals surface area contributed by atoms with Gasteiger partial charge in [-0.3, -0.25) is 9.59 Å². The number of benzene rings is 2. The van der Waals surface area contributed by atoms with E-state index < -0.39 is 0 Å². The zero-order chi connectivity index (χ0) is 20.1. The highest BCUT2D eigenvalue weighted by Crippen LogP contribution is 2.24. The highest BCUT2D eigenvalue weighted by molar-refractivity contribution is 6.33. The maximum atomic E-state index is 12.7. The quantitative estimate of drug-likeness (QED) is 0.836. The van der Waals surface area contributed by atoms with Gasteiger partial charge in [0.05, 0.1) is 10.7 Å². The minimum Gasteiger partial charge on any atom is -0.483 e. The number of para-hydroxylation sites is 1. The van der Waals surface area contributed by atoms with Crippen molar-refractivity contribution in [3.05, 3.63) is 58.6 Å². The number of carbonyl (C=O) groups excluding carboxylic acids is 2. The van der Waals surface area contributed by atoms with Crippen molar-refractivity contribution >= 4 is 29.1 Å². The Bertz CT molecular complexity index is 864. The Kier molecular flexibility index (Phi) is 6.54. The number of amides is 2. The van der Waals surface area contributed by atoms with Crippen molar-refractivity contribution in [1.82, 2.24) is 9.80 Å². The molecule has 1 fully saturated rings. The molecule has 0 aliphatic carbocycles. The molecular weight excluding hydrogens is 378 g/mol. The average molecular weight is 402 g/mol. The minimum atomic E-state index is -0.339. The molecule has 28 heavy (non-hydrogen) atoms. The van der Waals surface area contributed by atoms with E-state index in [0.29, 0.717) is 35.1 Å². The monoisotopic (exact) mass is 401 g/mol. The zero-order valence-corrected chi connectivity index (χ0v) is 16.8. The summed E-state index contributed by atoms with van der Waals surface area (Å²) in [6.45, 7) is 4.83. The highest BCUT2D eigenvalue weighted by atomic mass is 35.5. The summed E-state index contributed by atoms with van der Waals surface area (Å²) in [5, 5.41) is 3.10. The van der Waals surface area contributed by atoms with Gasteiger partial charge in [0.25, 0.3) is 11.8 Å². The number of ether oxygens (including phenoxy) is 1. The molecule has 0 spiro atoms. The van der Waals surface area contributed by atoms with E-state index in [2.05, 4.69) is 10.2 Å². The summed E-state index contributed by atoms with van der Waals surface area (Å²) in [4.78, 5) is 29.0. The molecule has 1 N–H and O–H groups in total. The van der Waals surface area contributed by atoms with Crippen LogP contribution in [-0.4, -0.2) is 61.4 Å². The number of nitrogens with zero attached hydrogens (tertiary/aromatic N) is 2. The number of halogens is 1. The van der Waals surface area contributed by atoms with E-state index in [1.165, 1.54) is 0 Å². The second-order valence-electron chi connectivity index (χ2n) is 6.89. The van der Waals surface area contributed by atoms with Crippen LogP contribution in [0.15, 0.2) is 42.5 Å². The first-order chi connectivity index (χ1) is 13.4. The van der Waals surface area contributed by atoms with Crippen LogP contribution in [0.2, 0.25) is 5.02 Å². The van der Waals surface area contributed by atoms with Crippen molar-refractivity contribution in [3.8, 4) is 5.75 Å². The molecule has 1 heterocycles. The standard InChI is InChI=1S/C21H24ClN3O3/c1-15-5-3-4-6-19(15)28-14-20(26)23-18-13-16(7-8-17(18)22)21(27)25-11-9-24(2)10-12-25/h3-8,13H,9-12,14H2,1-2H3,(H,23,26). The molecule has 0 atom stereocenters. The first kappa shape index (κ1) is 20.2. The van der Waals surface area contributed by atoms with E-state index in [9.17, 15) is 9.59 Å². The summed E-state index contributed by atoms with van der Waals surface area (Å²) in [5.41, 5.74) is 1.86. The lowest BCUT2D eigenvalue weighted by molar-refractivity contribution is -0.118. The number of hydrogen-bond acceptors (Lipinski definition) is 4. The van der Waals surface area contributed by atoms with E-state index in [4.69, 9.17) is 16.3 Å². The summed E-state index contributed by atoms with van der Waals surface area (Å²) >= 11 is 6.21. The predicted molar refractivity (Wildman–Crippen MR) is 110 cm³/mol. The van der Waals surface area contributed by atoms with Crippen LogP contribution in [0.4, 0.5) is 5.69 Å². The fraction of sp³-hybridized carbons (Fsp3) is 0.333. The smallest absolute Gasteiger partial charge is 0.262 e. The maximum absolute atomic E-state index is 12.7. The van der Waals surface area contributed by atoms with Gasteiger partial charge in [-0.25, -0.2) is 0 Å². The Hall–Kier alpha value is -2.57. The number of nitrogens with one attached hydrogen (secondary N) is 1. The summed E-state index contributed by atoms with van der Waals surface area (Å²) in [6.07, 6.45) is 0. The molecule has 3 rings (SSSR count). The van der Waals surface area contributed by atoms with Gasteiger partial charge in [0.1, 0.15) is 5.75 Å². The maximum Gasteiger partial charge on any atom is 0.262 e. The molecule has 2 amide bonds. The molecule has 0 unspecified atom stereocenters. The molecule has 1 aliphatic heterocycles. The summed E-state index contributed by atoms with van der Waals surface area (Å²) in [6, 6.07) is 12.4. The van der Waals surface area contributed by atoms with Gasteiger partial charge in [-0.2, -0.15) is 0 Å². The predicted octanol–water partition coefficient (Wildman–Crippen LogP) is 3.05. The van der Waals surface area contributed by atoms with Crippen LogP contribution in [-0.2, 0) is 4.79 Å². The van der Waals surface area contributed by atoms with E-state index in [0.717, 1.165) is 18.7 Å². The van der Waals surface area contributed by atoms with Crippen LogP contribution >= 0.6 is 11.6 Å². The third kappa shape index (κ3) is 5.03. The number of piperazine rings is 1. The fourth-order valence-electron chi connectivity index (χ4n) is 2.99. The number of carbonyl (C=O) groups is 2. The van der Waals surface area contributed by atoms with Crippen LogP contribution in [0.1, 0.15) is 15.9 Å². The molecule has 7 heteroatoms. The lowest BCUT2D eigenvalue weighted by Crippen LogP contribution is -2.47. The van der Waals surface area contributed by atoms with Crippen LogP contribution in [0.3, 0.4) is 0 Å². The molecule has 148 valence electrons. The Morgan fingerprint density at radius 2 is 1.82 bits per heavy atom. The topological polar surface area (TPSA) is 61.9 Å². The lowest BCUT2D eigenvalue weighted by atomic mass is 10.1. The second-order valence-corrected chi connectivity index (χ2v) is 7.30. The van der Waals surface area contributed by atoms with Crippen molar-refractivity contribution in [2.75, 3.05) is 45.2 Å². The number of likely N-dealkylation sites (N-methyl/N-ethyl adjacent to an activating group) is 1. The van der Waals surface area contributed by atoms with Crippen molar-refractivity contribution in [2.24, 2.45) is 0 Å². The Morgan fingerprint density at radius 3 is 2.54 bits per heavy atom. The molecule has 2 aromatic carbocycles. The number of aryl methyl sites for hydroxylation is 1. The molecule has 1 aliphatic rings. The van der Waals surface area contributed by atoms with Gasteiger partial charge in [-0.05, 0) is 43.8 Å². The number of hydrogen-bond donors (Lipinski definition) is 1. The van der Waals surface area contributed by atoms with E-state index in [1.54, 1.807) is 18.2 Å². The highest BCUT2D eigenvalue weighted by Gasteiger charge is 2.21. The first-order valence-corrected chi connectivity index (χ1v) is 9.57. The average Bonchev–Trinajstić information content (AvgIpc) is 2.69. The zero-order valence-electron chi connectivity index (χ0n) is 16.1. The Morgan fingerprint density at radius 1 is 1.11 bits per heavy atom. The van der Waals surface area contributed by atoms with E-state index >= 15 is 0 Å². The van der Waals surface area contributed by atoms with Gasteiger partial charge in [-0.15, -0.1) is 0 Å². The number of anilines is 1. The molecule has 1 saturated heterocycles. The Labute approximate surface area is 170 Å². The molecule has 6 nitrogen and oxygen atoms in total. The molecule has 0 bridgehead atoms. The normalized spacial score (nSPS) is 14.6. The molecule has 2 aromatic rings. The molecule has 0 radical (unpaired) electrons. The van der Waals surface area contributed by atoms with Crippen molar-refractivity contribution in [2.45, 2.75) is 6.92 Å². The van der Waals surface area contributed by atoms with Gasteiger partial charge in [-0.1, -0.05) is 29.8 Å². The van der Waals surface area contributed by atoms with Gasteiger partial charge in [0.15, 0.2) is 6.61 Å². The van der Waals surface area contributed by atoms with Gasteiger partial charge in [0, 0.05) is 31.7 Å². The van der Waals surface area contributed by atoms with E-state index in [1.807, 2.05) is 43.1 Å². The van der Waals surface area contributed by atoms with Gasteiger partial charge >= 0.3 is 0 Å². The second kappa shape index (κ2) is 9.08. The SMILES string of the molecule is Cc1ccccc1OCC(=O)Nc1cc(C(=O)N2CCN(C)CC2)ccc1Cl. The fourth-order valence-corrected chi connectivity index (χ4v) is 3.16. The summed E-state index contributed by atoms with van der Waals surface area (Å²) in [7, 11) is 2.04. The van der Waals surface area contributed by atoms with Gasteiger partial charge in [0.2, 0.25) is 0 Å². The summed E-state index contributed by atoms with van der Waals surface area (Å²) < 4.78 is 5.56. The van der Waals surface area contributed by atoms with Crippen molar-refractivity contribution in [1.29, 1.82) is 0 Å². The summed E-state index contributed by atoms with van der Waals surface area (Å²) in [5.74, 6) is 0.258. The van der Waals surface area contributed by atoms with E-state index in [-0.39, 0.29) is 18.4 Å². The Balaban J connectivity index is 1.63. The van der Waals surface area contributed by atoms with Gasteiger partial charge < -0.3 is 19.9 Å². The largest absolute Gasteiger partial charge is 0.483 e. The molecular formula is C21H24ClN3O3. The van der Waals surface area contributed by atoms with Crippen molar-refractivity contribution in [3.63, 3.8) is 0 Å². The van der Waals surface area contributed by atoms with Crippen LogP contribution in [0, 0.1) is 6.92 Å².